The molecule has 2 aromatic carbocycles. The Morgan fingerprint density at radius 3 is 2.59 bits per heavy atom. The molecule has 1 aliphatic carbocycles. The van der Waals surface area contributed by atoms with E-state index in [-0.39, 0.29) is 10.7 Å². The minimum atomic E-state index is -1.02. The van der Waals surface area contributed by atoms with Gasteiger partial charge in [0.05, 0.1) is 27.3 Å². The molecule has 1 unspecified atom stereocenters. The Kier molecular flexibility index (Phi) is 6.72. The lowest BCUT2D eigenvalue weighted by atomic mass is 9.96. The van der Waals surface area contributed by atoms with E-state index in [2.05, 4.69) is 9.97 Å². The Morgan fingerprint density at radius 2 is 1.78 bits per heavy atom. The summed E-state index contributed by atoms with van der Waals surface area (Å²) in [6, 6.07) is 21.1. The third kappa shape index (κ3) is 4.89. The number of aromatic nitrogens is 3. The van der Waals surface area contributed by atoms with Crippen LogP contribution in [0.4, 0.5) is 0 Å². The van der Waals surface area contributed by atoms with E-state index < -0.39 is 11.2 Å². The first-order valence-corrected chi connectivity index (χ1v) is 14.4. The lowest BCUT2D eigenvalue weighted by Crippen LogP contribution is -2.26. The minimum Gasteiger partial charge on any atom is -0.616 e. The number of rotatable bonds is 5. The molecule has 5 aromatic rings. The zero-order valence-corrected chi connectivity index (χ0v) is 21.8. The molecular weight excluding hydrogens is 502 g/mol. The smallest absolute Gasteiger partial charge is 0.191 e. The van der Waals surface area contributed by atoms with Crippen molar-refractivity contribution in [2.75, 3.05) is 0 Å². The van der Waals surface area contributed by atoms with Crippen molar-refractivity contribution in [3.05, 3.63) is 93.9 Å². The van der Waals surface area contributed by atoms with Crippen LogP contribution in [-0.2, 0) is 16.9 Å². The van der Waals surface area contributed by atoms with E-state index in [0.29, 0.717) is 27.5 Å². The molecule has 6 rings (SSSR count). The molecule has 1 saturated carbocycles. The van der Waals surface area contributed by atoms with E-state index in [9.17, 15) is 9.35 Å². The highest BCUT2D eigenvalue weighted by atomic mass is 35.5. The second-order valence-corrected chi connectivity index (χ2v) is 11.7. The molecule has 0 bridgehead atoms. The number of pyridine rings is 3. The lowest BCUT2D eigenvalue weighted by Gasteiger charge is -2.25. The van der Waals surface area contributed by atoms with Crippen molar-refractivity contribution in [3.8, 4) is 22.4 Å². The molecule has 0 saturated heterocycles. The molecule has 0 spiro atoms. The highest BCUT2D eigenvalue weighted by molar-refractivity contribution is 7.91. The maximum atomic E-state index is 13.3. The Morgan fingerprint density at radius 1 is 0.973 bits per heavy atom. The van der Waals surface area contributed by atoms with Gasteiger partial charge in [-0.2, -0.15) is 0 Å². The van der Waals surface area contributed by atoms with Gasteiger partial charge < -0.3 is 9.54 Å². The molecule has 3 aromatic heterocycles. The van der Waals surface area contributed by atoms with E-state index in [1.165, 1.54) is 6.42 Å². The predicted molar refractivity (Wildman–Crippen MR) is 152 cm³/mol. The van der Waals surface area contributed by atoms with Crippen molar-refractivity contribution in [2.24, 2.45) is 0 Å². The molecule has 1 aliphatic rings. The van der Waals surface area contributed by atoms with Gasteiger partial charge in [0, 0.05) is 28.8 Å². The van der Waals surface area contributed by atoms with Crippen LogP contribution in [0.15, 0.2) is 77.7 Å². The SMILES string of the molecule is O=c1cc(C[S+]([O-])C2CCCCC2)[nH]c2nc(-c3ccccc3)c(-c3cc(Cl)c4ncccc4c3)cc12. The number of halogens is 1. The summed E-state index contributed by atoms with van der Waals surface area (Å²) in [4.78, 5) is 26.0. The molecule has 37 heavy (non-hydrogen) atoms. The normalized spacial score (nSPS) is 15.3. The van der Waals surface area contributed by atoms with Crippen molar-refractivity contribution in [1.82, 2.24) is 15.0 Å². The van der Waals surface area contributed by atoms with E-state index in [1.807, 2.05) is 60.7 Å². The summed E-state index contributed by atoms with van der Waals surface area (Å²) in [6.07, 6.45) is 7.18. The van der Waals surface area contributed by atoms with Crippen molar-refractivity contribution in [1.29, 1.82) is 0 Å². The molecule has 0 amide bonds. The number of nitrogens with one attached hydrogen (secondary N) is 1. The van der Waals surface area contributed by atoms with Crippen LogP contribution in [0.5, 0.6) is 0 Å². The van der Waals surface area contributed by atoms with Crippen LogP contribution in [0.2, 0.25) is 5.02 Å². The van der Waals surface area contributed by atoms with Crippen molar-refractivity contribution >= 4 is 44.7 Å². The molecule has 7 heteroatoms. The fraction of sp³-hybridized carbons (Fsp3) is 0.233. The second-order valence-electron chi connectivity index (χ2n) is 9.62. The summed E-state index contributed by atoms with van der Waals surface area (Å²) in [5.41, 5.74) is 5.12. The maximum Gasteiger partial charge on any atom is 0.191 e. The first-order chi connectivity index (χ1) is 18.1. The molecule has 0 aliphatic heterocycles. The zero-order chi connectivity index (χ0) is 25.4. The van der Waals surface area contributed by atoms with Gasteiger partial charge in [0.25, 0.3) is 0 Å². The average Bonchev–Trinajstić information content (AvgIpc) is 2.93. The molecule has 0 radical (unpaired) electrons. The summed E-state index contributed by atoms with van der Waals surface area (Å²) >= 11 is 5.59. The lowest BCUT2D eigenvalue weighted by molar-refractivity contribution is 0.483. The Hall–Kier alpha value is -3.19. The van der Waals surface area contributed by atoms with Crippen molar-refractivity contribution in [2.45, 2.75) is 43.1 Å². The largest absolute Gasteiger partial charge is 0.616 e. The third-order valence-corrected chi connectivity index (χ3v) is 9.21. The standard InChI is InChI=1S/C30H26ClN3O2S/c31-26-15-21(14-20-10-7-13-32-29(20)26)24-17-25-27(35)16-22(18-37(36)23-11-5-2-6-12-23)33-30(25)34-28(24)19-8-3-1-4-9-19/h1,3-4,7-10,13-17,23H,2,5-6,11-12,18H2,(H,33,34,35). The van der Waals surface area contributed by atoms with Gasteiger partial charge in [0.15, 0.2) is 5.43 Å². The second kappa shape index (κ2) is 10.3. The molecular formula is C30H26ClN3O2S. The van der Waals surface area contributed by atoms with Gasteiger partial charge in [-0.05, 0) is 66.7 Å². The van der Waals surface area contributed by atoms with Crippen molar-refractivity contribution in [3.63, 3.8) is 0 Å². The fourth-order valence-electron chi connectivity index (χ4n) is 5.24. The number of aromatic amines is 1. The van der Waals surface area contributed by atoms with E-state index in [0.717, 1.165) is 59.0 Å². The number of hydrogen-bond donors (Lipinski definition) is 1. The van der Waals surface area contributed by atoms with E-state index in [4.69, 9.17) is 16.6 Å². The van der Waals surface area contributed by atoms with Crippen LogP contribution in [0, 0.1) is 0 Å². The number of H-pyrrole nitrogens is 1. The molecule has 5 nitrogen and oxygen atoms in total. The molecule has 1 N–H and O–H groups in total. The summed E-state index contributed by atoms with van der Waals surface area (Å²) in [6.45, 7) is 0. The fourth-order valence-corrected chi connectivity index (χ4v) is 7.07. The summed E-state index contributed by atoms with van der Waals surface area (Å²) in [7, 11) is 0. The van der Waals surface area contributed by atoms with Crippen LogP contribution in [0.3, 0.4) is 0 Å². The van der Waals surface area contributed by atoms with Crippen LogP contribution < -0.4 is 5.43 Å². The van der Waals surface area contributed by atoms with Gasteiger partial charge >= 0.3 is 0 Å². The molecule has 1 atom stereocenters. The Labute approximate surface area is 223 Å². The Bertz CT molecular complexity index is 1650. The molecule has 1 fully saturated rings. The van der Waals surface area contributed by atoms with Gasteiger partial charge in [-0.1, -0.05) is 54.4 Å². The van der Waals surface area contributed by atoms with Crippen LogP contribution >= 0.6 is 11.6 Å². The predicted octanol–water partition coefficient (Wildman–Crippen LogP) is 7.04. The van der Waals surface area contributed by atoms with Gasteiger partial charge in [0.1, 0.15) is 16.6 Å². The first kappa shape index (κ1) is 24.2. The Balaban J connectivity index is 1.49. The number of hydrogen-bond acceptors (Lipinski definition) is 4. The van der Waals surface area contributed by atoms with Crippen LogP contribution in [0.1, 0.15) is 37.8 Å². The number of fused-ring (bicyclic) bond motifs is 2. The summed E-state index contributed by atoms with van der Waals surface area (Å²) < 4.78 is 13.0. The highest BCUT2D eigenvalue weighted by Gasteiger charge is 2.25. The average molecular weight is 528 g/mol. The van der Waals surface area contributed by atoms with E-state index in [1.54, 1.807) is 12.3 Å². The highest BCUT2D eigenvalue weighted by Crippen LogP contribution is 2.36. The van der Waals surface area contributed by atoms with Crippen molar-refractivity contribution < 1.29 is 4.55 Å². The molecule has 3 heterocycles. The number of benzene rings is 2. The maximum absolute atomic E-state index is 13.3. The molecule has 186 valence electrons. The quantitative estimate of drug-likeness (QED) is 0.248. The van der Waals surface area contributed by atoms with Gasteiger partial charge in [-0.25, -0.2) is 4.98 Å². The van der Waals surface area contributed by atoms with Gasteiger partial charge in [0.2, 0.25) is 0 Å². The van der Waals surface area contributed by atoms with Gasteiger partial charge in [-0.15, -0.1) is 0 Å². The summed E-state index contributed by atoms with van der Waals surface area (Å²) in [5.74, 6) is 0.341. The zero-order valence-electron chi connectivity index (χ0n) is 20.2. The van der Waals surface area contributed by atoms with Crippen LogP contribution in [-0.4, -0.2) is 24.8 Å². The van der Waals surface area contributed by atoms with E-state index >= 15 is 0 Å². The van der Waals surface area contributed by atoms with Gasteiger partial charge in [-0.3, -0.25) is 9.78 Å². The minimum absolute atomic E-state index is 0.133. The topological polar surface area (TPSA) is 81.7 Å². The summed E-state index contributed by atoms with van der Waals surface area (Å²) in [5, 5.41) is 2.15. The third-order valence-electron chi connectivity index (χ3n) is 7.11. The first-order valence-electron chi connectivity index (χ1n) is 12.6. The van der Waals surface area contributed by atoms with Crippen LogP contribution in [0.25, 0.3) is 44.3 Å². The monoisotopic (exact) mass is 527 g/mol. The number of nitrogens with zero attached hydrogens (tertiary/aromatic N) is 2.